The number of nitrogens with zero attached hydrogens (tertiary/aromatic N) is 3. The van der Waals surface area contributed by atoms with Crippen molar-refractivity contribution in [3.63, 3.8) is 0 Å². The molecule has 0 unspecified atom stereocenters. The van der Waals surface area contributed by atoms with Crippen LogP contribution in [0.3, 0.4) is 0 Å². The van der Waals surface area contributed by atoms with Crippen LogP contribution in [0.5, 0.6) is 0 Å². The Morgan fingerprint density at radius 2 is 2.12 bits per heavy atom. The molecule has 2 saturated carbocycles. The standard InChI is InChI=1S/C25H28N6O2/c1-3-20(30-22-6-4-5-7-31(22)16-32)23(33)28-12-18-9-21-17(10-27-18)8-19(29-21)11-26-15-25-13-24(25,2)14-25/h3-10,16,26,29H,11-15H2,1-2H3,(H,28,33)/b20-3-,30-22?. The number of carbonyl (C=O) groups is 2. The van der Waals surface area contributed by atoms with Gasteiger partial charge in [0, 0.05) is 42.1 Å². The molecule has 2 fully saturated rings. The van der Waals surface area contributed by atoms with E-state index in [0.29, 0.717) is 22.7 Å². The first-order chi connectivity index (χ1) is 15.9. The molecule has 2 aliphatic carbocycles. The van der Waals surface area contributed by atoms with Gasteiger partial charge in [-0.15, -0.1) is 0 Å². The summed E-state index contributed by atoms with van der Waals surface area (Å²) in [6, 6.07) is 9.24. The van der Waals surface area contributed by atoms with Crippen molar-refractivity contribution in [2.45, 2.75) is 39.8 Å². The van der Waals surface area contributed by atoms with E-state index in [1.54, 1.807) is 37.4 Å². The zero-order valence-corrected chi connectivity index (χ0v) is 18.9. The Morgan fingerprint density at radius 1 is 1.30 bits per heavy atom. The van der Waals surface area contributed by atoms with Crippen LogP contribution in [0.4, 0.5) is 0 Å². The van der Waals surface area contributed by atoms with Crippen LogP contribution >= 0.6 is 0 Å². The highest BCUT2D eigenvalue weighted by Crippen LogP contribution is 2.85. The van der Waals surface area contributed by atoms with E-state index in [1.807, 2.05) is 12.3 Å². The summed E-state index contributed by atoms with van der Waals surface area (Å²) in [4.78, 5) is 36.1. The molecule has 1 amide bonds. The van der Waals surface area contributed by atoms with Gasteiger partial charge in [0.2, 0.25) is 6.41 Å². The summed E-state index contributed by atoms with van der Waals surface area (Å²) in [7, 11) is 0. The second-order valence-corrected chi connectivity index (χ2v) is 9.40. The molecule has 170 valence electrons. The fraction of sp³-hybridized carbons (Fsp3) is 0.360. The van der Waals surface area contributed by atoms with Gasteiger partial charge in [0.05, 0.1) is 12.2 Å². The molecule has 33 heavy (non-hydrogen) atoms. The molecule has 0 atom stereocenters. The lowest BCUT2D eigenvalue weighted by atomic mass is 10.2. The quantitative estimate of drug-likeness (QED) is 0.348. The van der Waals surface area contributed by atoms with Crippen molar-refractivity contribution >= 4 is 23.2 Å². The normalized spacial score (nSPS) is 23.9. The second kappa shape index (κ2) is 8.12. The van der Waals surface area contributed by atoms with Gasteiger partial charge >= 0.3 is 0 Å². The second-order valence-electron chi connectivity index (χ2n) is 9.40. The number of amides is 1. The van der Waals surface area contributed by atoms with E-state index >= 15 is 0 Å². The van der Waals surface area contributed by atoms with Crippen molar-refractivity contribution in [1.29, 1.82) is 0 Å². The summed E-state index contributed by atoms with van der Waals surface area (Å²) in [6.45, 7) is 6.28. The maximum Gasteiger partial charge on any atom is 0.269 e. The third-order valence-corrected chi connectivity index (χ3v) is 7.03. The van der Waals surface area contributed by atoms with E-state index in [9.17, 15) is 9.59 Å². The van der Waals surface area contributed by atoms with Crippen LogP contribution in [-0.2, 0) is 22.7 Å². The van der Waals surface area contributed by atoms with Crippen molar-refractivity contribution < 1.29 is 9.59 Å². The van der Waals surface area contributed by atoms with Gasteiger partial charge < -0.3 is 15.6 Å². The molecule has 8 nitrogen and oxygen atoms in total. The number of nitrogens with one attached hydrogen (secondary N) is 3. The van der Waals surface area contributed by atoms with Crippen LogP contribution in [0, 0.1) is 10.8 Å². The highest BCUT2D eigenvalue weighted by atomic mass is 16.2. The zero-order chi connectivity index (χ0) is 23.1. The summed E-state index contributed by atoms with van der Waals surface area (Å²) in [6.07, 6.45) is 8.41. The van der Waals surface area contributed by atoms with Gasteiger partial charge in [0.1, 0.15) is 11.2 Å². The van der Waals surface area contributed by atoms with Crippen molar-refractivity contribution in [1.82, 2.24) is 25.2 Å². The minimum absolute atomic E-state index is 0.230. The average Bonchev–Trinajstić information content (AvgIpc) is 3.49. The van der Waals surface area contributed by atoms with Gasteiger partial charge in [-0.25, -0.2) is 4.99 Å². The number of hydrogen-bond acceptors (Lipinski definition) is 5. The largest absolute Gasteiger partial charge is 0.357 e. The topological polar surface area (TPSA) is 104 Å². The van der Waals surface area contributed by atoms with Gasteiger partial charge in [-0.2, -0.15) is 0 Å². The monoisotopic (exact) mass is 444 g/mol. The molecule has 3 N–H and O–H groups in total. The number of pyridine rings is 2. The summed E-state index contributed by atoms with van der Waals surface area (Å²) < 4.78 is 1.32. The molecule has 0 aromatic carbocycles. The Hall–Kier alpha value is -3.52. The maximum absolute atomic E-state index is 12.6. The smallest absolute Gasteiger partial charge is 0.269 e. The molecule has 3 heterocycles. The first-order valence-electron chi connectivity index (χ1n) is 11.2. The molecule has 2 aliphatic rings. The summed E-state index contributed by atoms with van der Waals surface area (Å²) in [5.41, 5.74) is 4.70. The molecule has 8 heteroatoms. The molecular formula is C25H28N6O2. The number of rotatable bonds is 9. The fourth-order valence-electron chi connectivity index (χ4n) is 4.71. The first-order valence-corrected chi connectivity index (χ1v) is 11.2. The van der Waals surface area contributed by atoms with E-state index in [0.717, 1.165) is 35.4 Å². The Balaban J connectivity index is 1.20. The van der Waals surface area contributed by atoms with E-state index in [2.05, 4.69) is 38.6 Å². The summed E-state index contributed by atoms with van der Waals surface area (Å²) in [5, 5.41) is 7.49. The van der Waals surface area contributed by atoms with Crippen molar-refractivity contribution in [2.24, 2.45) is 15.8 Å². The Labute approximate surface area is 191 Å². The van der Waals surface area contributed by atoms with Crippen LogP contribution in [-0.4, -0.2) is 33.4 Å². The lowest BCUT2D eigenvalue weighted by Gasteiger charge is -2.06. The summed E-state index contributed by atoms with van der Waals surface area (Å²) >= 11 is 0. The molecule has 0 saturated heterocycles. The molecule has 5 rings (SSSR count). The summed E-state index contributed by atoms with van der Waals surface area (Å²) in [5.74, 6) is -0.330. The SMILES string of the molecule is C/C=C(\N=c1ccccn1C=O)C(=O)NCc1cc2[nH]c(CNCC34CC3(C)C4)cc2cn1. The van der Waals surface area contributed by atoms with E-state index in [-0.39, 0.29) is 18.1 Å². The maximum atomic E-state index is 12.6. The molecule has 3 aromatic heterocycles. The first kappa shape index (κ1) is 21.3. The molecule has 3 aromatic rings. The zero-order valence-electron chi connectivity index (χ0n) is 18.9. The Morgan fingerprint density at radius 3 is 2.85 bits per heavy atom. The Kier molecular flexibility index (Phi) is 5.25. The van der Waals surface area contributed by atoms with Crippen LogP contribution in [0.25, 0.3) is 10.9 Å². The highest BCUT2D eigenvalue weighted by Gasteiger charge is 2.79. The molecule has 0 bridgehead atoms. The third kappa shape index (κ3) is 4.14. The van der Waals surface area contributed by atoms with Crippen LogP contribution < -0.4 is 16.1 Å². The number of aromatic amines is 1. The lowest BCUT2D eigenvalue weighted by molar-refractivity contribution is -0.117. The minimum atomic E-state index is -0.330. The van der Waals surface area contributed by atoms with E-state index < -0.39 is 0 Å². The number of hydrogen-bond donors (Lipinski definition) is 3. The highest BCUT2D eigenvalue weighted by molar-refractivity contribution is 5.92. The third-order valence-electron chi connectivity index (χ3n) is 7.03. The molecule has 0 aliphatic heterocycles. The van der Waals surface area contributed by atoms with E-state index in [4.69, 9.17) is 0 Å². The van der Waals surface area contributed by atoms with Gasteiger partial charge in [0.15, 0.2) is 0 Å². The van der Waals surface area contributed by atoms with Crippen LogP contribution in [0.15, 0.2) is 59.5 Å². The predicted molar refractivity (Wildman–Crippen MR) is 125 cm³/mol. The van der Waals surface area contributed by atoms with Crippen molar-refractivity contribution in [3.05, 3.63) is 71.4 Å². The Bertz CT molecular complexity index is 1330. The lowest BCUT2D eigenvalue weighted by Crippen LogP contribution is -2.27. The van der Waals surface area contributed by atoms with Crippen molar-refractivity contribution in [3.8, 4) is 0 Å². The van der Waals surface area contributed by atoms with Gasteiger partial charge in [-0.3, -0.25) is 19.1 Å². The molecule has 0 spiro atoms. The number of fused-ring (bicyclic) bond motifs is 2. The van der Waals surface area contributed by atoms with Gasteiger partial charge in [-0.1, -0.05) is 19.1 Å². The number of carbonyl (C=O) groups excluding carboxylic acids is 2. The predicted octanol–water partition coefficient (Wildman–Crippen LogP) is 2.41. The average molecular weight is 445 g/mol. The van der Waals surface area contributed by atoms with Crippen LogP contribution in [0.1, 0.15) is 38.1 Å². The number of allylic oxidation sites excluding steroid dienone is 1. The number of H-pyrrole nitrogens is 1. The van der Waals surface area contributed by atoms with E-state index in [1.165, 1.54) is 17.4 Å². The van der Waals surface area contributed by atoms with Crippen LogP contribution in [0.2, 0.25) is 0 Å². The van der Waals surface area contributed by atoms with Gasteiger partial charge in [-0.05, 0) is 54.9 Å². The number of aromatic nitrogens is 3. The van der Waals surface area contributed by atoms with Crippen molar-refractivity contribution in [2.75, 3.05) is 6.54 Å². The minimum Gasteiger partial charge on any atom is -0.357 e. The molecular weight excluding hydrogens is 416 g/mol. The molecule has 0 radical (unpaired) electrons. The fourth-order valence-corrected chi connectivity index (χ4v) is 4.71. The van der Waals surface area contributed by atoms with Gasteiger partial charge in [0.25, 0.3) is 5.91 Å².